The van der Waals surface area contributed by atoms with Gasteiger partial charge in [0, 0.05) is 30.8 Å². The minimum absolute atomic E-state index is 0.293. The lowest BCUT2D eigenvalue weighted by atomic mass is 9.85. The zero-order valence-electron chi connectivity index (χ0n) is 12.4. The maximum Gasteiger partial charge on any atom is 0.222 e. The molecule has 1 aromatic rings. The van der Waals surface area contributed by atoms with Crippen LogP contribution in [0.2, 0.25) is 0 Å². The summed E-state index contributed by atoms with van der Waals surface area (Å²) in [6.45, 7) is 6.25. The maximum absolute atomic E-state index is 12.3. The summed E-state index contributed by atoms with van der Waals surface area (Å²) in [6, 6.07) is 10.5. The first-order valence-corrected chi connectivity index (χ1v) is 8.53. The number of carbonyl (C=O) groups excluding carboxylic acids is 1. The van der Waals surface area contributed by atoms with E-state index in [1.54, 1.807) is 0 Å². The van der Waals surface area contributed by atoms with Gasteiger partial charge in [-0.25, -0.2) is 0 Å². The number of nitrogens with zero attached hydrogens (tertiary/aromatic N) is 1. The van der Waals surface area contributed by atoms with E-state index in [0.717, 1.165) is 31.3 Å². The molecular weight excluding hydrogens is 314 g/mol. The average molecular weight is 338 g/mol. The Hall–Kier alpha value is -0.830. The van der Waals surface area contributed by atoms with E-state index in [0.29, 0.717) is 23.7 Å². The van der Waals surface area contributed by atoms with Crippen molar-refractivity contribution in [1.82, 2.24) is 4.90 Å². The lowest BCUT2D eigenvalue weighted by Crippen LogP contribution is -2.35. The van der Waals surface area contributed by atoms with Crippen LogP contribution in [-0.2, 0) is 4.79 Å². The number of amides is 1. The van der Waals surface area contributed by atoms with Gasteiger partial charge >= 0.3 is 0 Å². The number of hydrogen-bond acceptors (Lipinski definition) is 1. The Morgan fingerprint density at radius 2 is 1.95 bits per heavy atom. The van der Waals surface area contributed by atoms with Gasteiger partial charge in [0.1, 0.15) is 0 Å². The van der Waals surface area contributed by atoms with E-state index in [1.165, 1.54) is 5.56 Å². The molecule has 0 radical (unpaired) electrons. The largest absolute Gasteiger partial charge is 0.342 e. The number of rotatable bonds is 4. The number of benzene rings is 1. The van der Waals surface area contributed by atoms with Gasteiger partial charge in [-0.2, -0.15) is 0 Å². The van der Waals surface area contributed by atoms with Crippen molar-refractivity contribution in [2.24, 2.45) is 5.41 Å². The summed E-state index contributed by atoms with van der Waals surface area (Å²) in [7, 11) is 0. The molecule has 1 aliphatic rings. The van der Waals surface area contributed by atoms with Gasteiger partial charge in [0.25, 0.3) is 0 Å². The lowest BCUT2D eigenvalue weighted by molar-refractivity contribution is -0.130. The van der Waals surface area contributed by atoms with Crippen molar-refractivity contribution in [2.45, 2.75) is 39.0 Å². The standard InChI is InChI=1S/C17H24BrNO/c1-17(2)9-8-16(20)19(11-10-17)13-15(12-18)14-6-4-3-5-7-14/h3-7,15H,8-13H2,1-2H3. The van der Waals surface area contributed by atoms with Gasteiger partial charge in [-0.05, 0) is 23.8 Å². The average Bonchev–Trinajstić information content (AvgIpc) is 2.58. The molecule has 3 heteroatoms. The van der Waals surface area contributed by atoms with E-state index >= 15 is 0 Å². The molecule has 2 rings (SSSR count). The van der Waals surface area contributed by atoms with Gasteiger partial charge in [0.15, 0.2) is 0 Å². The first kappa shape index (κ1) is 15.6. The molecular formula is C17H24BrNO. The summed E-state index contributed by atoms with van der Waals surface area (Å²) in [5.74, 6) is 0.693. The van der Waals surface area contributed by atoms with Gasteiger partial charge in [-0.1, -0.05) is 60.1 Å². The van der Waals surface area contributed by atoms with Crippen LogP contribution in [0.4, 0.5) is 0 Å². The predicted octanol–water partition coefficient (Wildman–Crippen LogP) is 4.20. The van der Waals surface area contributed by atoms with Crippen molar-refractivity contribution in [3.8, 4) is 0 Å². The summed E-state index contributed by atoms with van der Waals surface area (Å²) >= 11 is 3.60. The Morgan fingerprint density at radius 1 is 1.25 bits per heavy atom. The van der Waals surface area contributed by atoms with Crippen LogP contribution in [0.3, 0.4) is 0 Å². The van der Waals surface area contributed by atoms with Crippen LogP contribution >= 0.6 is 15.9 Å². The van der Waals surface area contributed by atoms with Crippen molar-refractivity contribution in [3.63, 3.8) is 0 Å². The molecule has 1 aromatic carbocycles. The number of carbonyl (C=O) groups is 1. The van der Waals surface area contributed by atoms with Crippen LogP contribution in [0.15, 0.2) is 30.3 Å². The van der Waals surface area contributed by atoms with E-state index in [9.17, 15) is 4.79 Å². The first-order chi connectivity index (χ1) is 9.52. The molecule has 0 bridgehead atoms. The van der Waals surface area contributed by atoms with Gasteiger partial charge < -0.3 is 4.90 Å². The summed E-state index contributed by atoms with van der Waals surface area (Å²) in [5, 5.41) is 0.893. The Bertz CT molecular complexity index is 444. The molecule has 1 atom stereocenters. The number of hydrogen-bond donors (Lipinski definition) is 0. The van der Waals surface area contributed by atoms with Crippen LogP contribution in [0.5, 0.6) is 0 Å². The van der Waals surface area contributed by atoms with Crippen molar-refractivity contribution in [2.75, 3.05) is 18.4 Å². The molecule has 1 aliphatic heterocycles. The molecule has 0 aliphatic carbocycles. The molecule has 1 heterocycles. The van der Waals surface area contributed by atoms with Crippen molar-refractivity contribution in [3.05, 3.63) is 35.9 Å². The fourth-order valence-corrected chi connectivity index (χ4v) is 3.30. The highest BCUT2D eigenvalue weighted by Gasteiger charge is 2.28. The minimum atomic E-state index is 0.293. The Balaban J connectivity index is 2.05. The monoisotopic (exact) mass is 337 g/mol. The fraction of sp³-hybridized carbons (Fsp3) is 0.588. The van der Waals surface area contributed by atoms with E-state index < -0.39 is 0 Å². The smallest absolute Gasteiger partial charge is 0.222 e. The van der Waals surface area contributed by atoms with Gasteiger partial charge in [0.05, 0.1) is 0 Å². The van der Waals surface area contributed by atoms with Crippen LogP contribution in [-0.4, -0.2) is 29.2 Å². The van der Waals surface area contributed by atoms with Crippen molar-refractivity contribution in [1.29, 1.82) is 0 Å². The molecule has 0 N–H and O–H groups in total. The van der Waals surface area contributed by atoms with Crippen molar-refractivity contribution < 1.29 is 4.79 Å². The van der Waals surface area contributed by atoms with Crippen LogP contribution in [0, 0.1) is 5.41 Å². The van der Waals surface area contributed by atoms with E-state index in [4.69, 9.17) is 0 Å². The Morgan fingerprint density at radius 3 is 2.60 bits per heavy atom. The predicted molar refractivity (Wildman–Crippen MR) is 87.2 cm³/mol. The lowest BCUT2D eigenvalue weighted by Gasteiger charge is -2.27. The molecule has 1 fully saturated rings. The van der Waals surface area contributed by atoms with Gasteiger partial charge in [0.2, 0.25) is 5.91 Å². The van der Waals surface area contributed by atoms with Crippen LogP contribution in [0.1, 0.15) is 44.6 Å². The molecule has 20 heavy (non-hydrogen) atoms. The molecule has 110 valence electrons. The molecule has 0 aromatic heterocycles. The molecule has 0 saturated carbocycles. The molecule has 0 spiro atoms. The summed E-state index contributed by atoms with van der Waals surface area (Å²) in [5.41, 5.74) is 1.60. The topological polar surface area (TPSA) is 20.3 Å². The summed E-state index contributed by atoms with van der Waals surface area (Å²) in [6.07, 6.45) is 2.80. The minimum Gasteiger partial charge on any atom is -0.342 e. The number of halogens is 1. The van der Waals surface area contributed by atoms with Crippen LogP contribution < -0.4 is 0 Å². The molecule has 1 unspecified atom stereocenters. The number of likely N-dealkylation sites (tertiary alicyclic amines) is 1. The zero-order chi connectivity index (χ0) is 14.6. The van der Waals surface area contributed by atoms with Gasteiger partial charge in [-0.3, -0.25) is 4.79 Å². The fourth-order valence-electron chi connectivity index (χ4n) is 2.72. The highest BCUT2D eigenvalue weighted by Crippen LogP contribution is 2.31. The summed E-state index contributed by atoms with van der Waals surface area (Å²) in [4.78, 5) is 14.4. The van der Waals surface area contributed by atoms with Crippen molar-refractivity contribution >= 4 is 21.8 Å². The third-order valence-corrected chi connectivity index (χ3v) is 5.11. The molecule has 2 nitrogen and oxygen atoms in total. The quantitative estimate of drug-likeness (QED) is 0.754. The van der Waals surface area contributed by atoms with Crippen LogP contribution in [0.25, 0.3) is 0 Å². The van der Waals surface area contributed by atoms with E-state index in [1.807, 2.05) is 6.07 Å². The Labute approximate surface area is 130 Å². The highest BCUT2D eigenvalue weighted by molar-refractivity contribution is 9.09. The molecule has 1 saturated heterocycles. The SMILES string of the molecule is CC1(C)CCC(=O)N(CC(CBr)c2ccccc2)CC1. The van der Waals surface area contributed by atoms with E-state index in [2.05, 4.69) is 58.9 Å². The first-order valence-electron chi connectivity index (χ1n) is 7.40. The third kappa shape index (κ3) is 4.08. The normalized spacial score (nSPS) is 20.6. The second-order valence-corrected chi connectivity index (χ2v) is 7.16. The maximum atomic E-state index is 12.3. The highest BCUT2D eigenvalue weighted by atomic mass is 79.9. The Kier molecular flexibility index (Phi) is 5.25. The van der Waals surface area contributed by atoms with Gasteiger partial charge in [-0.15, -0.1) is 0 Å². The summed E-state index contributed by atoms with van der Waals surface area (Å²) < 4.78 is 0. The second-order valence-electron chi connectivity index (χ2n) is 6.52. The molecule has 1 amide bonds. The van der Waals surface area contributed by atoms with E-state index in [-0.39, 0.29) is 0 Å². The number of alkyl halides is 1. The third-order valence-electron chi connectivity index (χ3n) is 4.32. The zero-order valence-corrected chi connectivity index (χ0v) is 14.0. The second kappa shape index (κ2) is 6.75.